The molecule has 0 aliphatic carbocycles. The summed E-state index contributed by atoms with van der Waals surface area (Å²) >= 11 is 7.47. The lowest BCUT2D eigenvalue weighted by molar-refractivity contribution is 1.12. The lowest BCUT2D eigenvalue weighted by Gasteiger charge is -2.09. The molecule has 0 unspecified atom stereocenters. The SMILES string of the molecule is Cc1ncc(Cl)cc1SNc1cccc2cccnc12. The van der Waals surface area contributed by atoms with E-state index < -0.39 is 0 Å². The van der Waals surface area contributed by atoms with Crippen LogP contribution in [-0.2, 0) is 0 Å². The maximum Gasteiger partial charge on any atom is 0.0941 e. The zero-order chi connectivity index (χ0) is 13.9. The molecule has 0 amide bonds. The number of rotatable bonds is 3. The quantitative estimate of drug-likeness (QED) is 0.711. The summed E-state index contributed by atoms with van der Waals surface area (Å²) < 4.78 is 3.33. The van der Waals surface area contributed by atoms with Gasteiger partial charge in [-0.15, -0.1) is 0 Å². The average molecular weight is 302 g/mol. The number of halogens is 1. The van der Waals surface area contributed by atoms with Crippen LogP contribution in [0.25, 0.3) is 10.9 Å². The fraction of sp³-hybridized carbons (Fsp3) is 0.0667. The van der Waals surface area contributed by atoms with Gasteiger partial charge in [-0.25, -0.2) is 0 Å². The molecule has 3 nitrogen and oxygen atoms in total. The number of anilines is 1. The molecule has 0 saturated carbocycles. The van der Waals surface area contributed by atoms with Crippen LogP contribution in [0.15, 0.2) is 53.7 Å². The Kier molecular flexibility index (Phi) is 3.76. The number of nitrogens with zero attached hydrogens (tertiary/aromatic N) is 2. The van der Waals surface area contributed by atoms with Crippen LogP contribution in [0.3, 0.4) is 0 Å². The first-order valence-corrected chi connectivity index (χ1v) is 7.32. The highest BCUT2D eigenvalue weighted by atomic mass is 35.5. The van der Waals surface area contributed by atoms with E-state index in [0.29, 0.717) is 5.02 Å². The normalized spacial score (nSPS) is 10.7. The largest absolute Gasteiger partial charge is 0.324 e. The molecule has 3 aromatic rings. The second-order valence-corrected chi connectivity index (χ2v) is 5.61. The van der Waals surface area contributed by atoms with Crippen LogP contribution in [0.1, 0.15) is 5.69 Å². The molecule has 0 aliphatic heterocycles. The van der Waals surface area contributed by atoms with Gasteiger partial charge in [0.1, 0.15) is 0 Å². The van der Waals surface area contributed by atoms with Crippen molar-refractivity contribution in [3.05, 3.63) is 59.5 Å². The molecule has 0 radical (unpaired) electrons. The lowest BCUT2D eigenvalue weighted by atomic mass is 10.2. The molecular formula is C15H12ClN3S. The van der Waals surface area contributed by atoms with E-state index in [9.17, 15) is 0 Å². The molecule has 1 aromatic carbocycles. The fourth-order valence-electron chi connectivity index (χ4n) is 1.89. The van der Waals surface area contributed by atoms with E-state index in [0.717, 1.165) is 27.2 Å². The van der Waals surface area contributed by atoms with Crippen molar-refractivity contribution in [1.82, 2.24) is 9.97 Å². The van der Waals surface area contributed by atoms with Gasteiger partial charge in [-0.1, -0.05) is 29.8 Å². The smallest absolute Gasteiger partial charge is 0.0941 e. The average Bonchev–Trinajstić information content (AvgIpc) is 2.48. The minimum absolute atomic E-state index is 0.635. The van der Waals surface area contributed by atoms with Gasteiger partial charge >= 0.3 is 0 Å². The van der Waals surface area contributed by atoms with E-state index in [1.165, 1.54) is 11.9 Å². The standard InChI is InChI=1S/C15H12ClN3S/c1-10-14(8-12(16)9-18-10)20-19-13-6-2-4-11-5-3-7-17-15(11)13/h2-9,19H,1H3. The molecule has 1 N–H and O–H groups in total. The molecule has 20 heavy (non-hydrogen) atoms. The van der Waals surface area contributed by atoms with Crippen LogP contribution in [0.5, 0.6) is 0 Å². The predicted octanol–water partition coefficient (Wildman–Crippen LogP) is 4.71. The summed E-state index contributed by atoms with van der Waals surface area (Å²) in [5, 5.41) is 1.75. The topological polar surface area (TPSA) is 37.8 Å². The summed E-state index contributed by atoms with van der Waals surface area (Å²) in [6.07, 6.45) is 3.45. The van der Waals surface area contributed by atoms with Crippen molar-refractivity contribution in [2.24, 2.45) is 0 Å². The molecule has 0 fully saturated rings. The van der Waals surface area contributed by atoms with Crippen LogP contribution in [0.2, 0.25) is 5.02 Å². The van der Waals surface area contributed by atoms with Gasteiger partial charge in [-0.05, 0) is 37.1 Å². The van der Waals surface area contributed by atoms with Gasteiger partial charge in [-0.2, -0.15) is 0 Å². The molecule has 5 heteroatoms. The number of aryl methyl sites for hydroxylation is 1. The number of nitrogens with one attached hydrogen (secondary N) is 1. The first kappa shape index (κ1) is 13.2. The Morgan fingerprint density at radius 1 is 1.15 bits per heavy atom. The zero-order valence-corrected chi connectivity index (χ0v) is 12.4. The van der Waals surface area contributed by atoms with Crippen molar-refractivity contribution in [2.75, 3.05) is 4.72 Å². The van der Waals surface area contributed by atoms with Crippen molar-refractivity contribution in [2.45, 2.75) is 11.8 Å². The van der Waals surface area contributed by atoms with Gasteiger partial charge in [0.25, 0.3) is 0 Å². The Bertz CT molecular complexity index is 756. The fourth-order valence-corrected chi connectivity index (χ4v) is 2.88. The van der Waals surface area contributed by atoms with Crippen LogP contribution < -0.4 is 4.72 Å². The Balaban J connectivity index is 1.89. The third kappa shape index (κ3) is 2.71. The number of hydrogen-bond donors (Lipinski definition) is 1. The Morgan fingerprint density at radius 3 is 2.90 bits per heavy atom. The molecule has 0 saturated heterocycles. The number of para-hydroxylation sites is 1. The van der Waals surface area contributed by atoms with E-state index in [2.05, 4.69) is 14.7 Å². The Morgan fingerprint density at radius 2 is 2.00 bits per heavy atom. The second-order valence-electron chi connectivity index (χ2n) is 4.32. The van der Waals surface area contributed by atoms with Crippen molar-refractivity contribution >= 4 is 40.1 Å². The van der Waals surface area contributed by atoms with E-state index in [1.807, 2.05) is 43.3 Å². The van der Waals surface area contributed by atoms with Gasteiger partial charge in [0.2, 0.25) is 0 Å². The monoisotopic (exact) mass is 301 g/mol. The van der Waals surface area contributed by atoms with Crippen molar-refractivity contribution in [1.29, 1.82) is 0 Å². The number of hydrogen-bond acceptors (Lipinski definition) is 4. The third-order valence-electron chi connectivity index (χ3n) is 2.91. The first-order chi connectivity index (χ1) is 9.74. The lowest BCUT2D eigenvalue weighted by Crippen LogP contribution is -1.92. The molecule has 0 atom stereocenters. The summed E-state index contributed by atoms with van der Waals surface area (Å²) in [5.74, 6) is 0. The second kappa shape index (κ2) is 5.69. The Hall–Kier alpha value is -1.78. The summed E-state index contributed by atoms with van der Waals surface area (Å²) in [6.45, 7) is 1.96. The number of pyridine rings is 2. The first-order valence-electron chi connectivity index (χ1n) is 6.13. The van der Waals surface area contributed by atoms with Crippen LogP contribution in [-0.4, -0.2) is 9.97 Å². The highest BCUT2D eigenvalue weighted by molar-refractivity contribution is 8.00. The van der Waals surface area contributed by atoms with Crippen LogP contribution in [0.4, 0.5) is 5.69 Å². The number of fused-ring (bicyclic) bond motifs is 1. The van der Waals surface area contributed by atoms with Crippen LogP contribution >= 0.6 is 23.5 Å². The molecule has 2 aromatic heterocycles. The Labute approximate surface area is 126 Å². The van der Waals surface area contributed by atoms with Gasteiger partial charge < -0.3 is 4.72 Å². The van der Waals surface area contributed by atoms with Gasteiger partial charge in [-0.3, -0.25) is 9.97 Å². The number of aromatic nitrogens is 2. The summed E-state index contributed by atoms with van der Waals surface area (Å²) in [5.41, 5.74) is 2.88. The van der Waals surface area contributed by atoms with Crippen LogP contribution in [0, 0.1) is 6.92 Å². The summed E-state index contributed by atoms with van der Waals surface area (Å²) in [7, 11) is 0. The van der Waals surface area contributed by atoms with Gasteiger partial charge in [0.15, 0.2) is 0 Å². The van der Waals surface area contributed by atoms with Gasteiger partial charge in [0, 0.05) is 17.8 Å². The molecule has 2 heterocycles. The highest BCUT2D eigenvalue weighted by Gasteiger charge is 2.05. The summed E-state index contributed by atoms with van der Waals surface area (Å²) in [4.78, 5) is 9.67. The summed E-state index contributed by atoms with van der Waals surface area (Å²) in [6, 6.07) is 11.9. The molecule has 0 bridgehead atoms. The minimum Gasteiger partial charge on any atom is -0.324 e. The van der Waals surface area contributed by atoms with Gasteiger partial charge in [0.05, 0.1) is 26.8 Å². The third-order valence-corrected chi connectivity index (χ3v) is 4.07. The predicted molar refractivity (Wildman–Crippen MR) is 85.2 cm³/mol. The molecule has 100 valence electrons. The number of benzene rings is 1. The minimum atomic E-state index is 0.635. The molecule has 0 spiro atoms. The molecule has 3 rings (SSSR count). The van der Waals surface area contributed by atoms with Crippen molar-refractivity contribution in [3.63, 3.8) is 0 Å². The molecular weight excluding hydrogens is 290 g/mol. The van der Waals surface area contributed by atoms with E-state index in [-0.39, 0.29) is 0 Å². The van der Waals surface area contributed by atoms with E-state index in [1.54, 1.807) is 12.4 Å². The highest BCUT2D eigenvalue weighted by Crippen LogP contribution is 2.28. The maximum atomic E-state index is 5.98. The van der Waals surface area contributed by atoms with Crippen molar-refractivity contribution < 1.29 is 0 Å². The maximum absolute atomic E-state index is 5.98. The van der Waals surface area contributed by atoms with Crippen molar-refractivity contribution in [3.8, 4) is 0 Å². The molecule has 0 aliphatic rings. The van der Waals surface area contributed by atoms with E-state index >= 15 is 0 Å². The zero-order valence-electron chi connectivity index (χ0n) is 10.8. The van der Waals surface area contributed by atoms with E-state index in [4.69, 9.17) is 11.6 Å².